The molecule has 0 fully saturated rings. The summed E-state index contributed by atoms with van der Waals surface area (Å²) in [6, 6.07) is 3.53. The van der Waals surface area contributed by atoms with E-state index in [1.54, 1.807) is 0 Å². The van der Waals surface area contributed by atoms with Gasteiger partial charge in [0.05, 0.1) is 11.3 Å². The second kappa shape index (κ2) is 5.27. The van der Waals surface area contributed by atoms with Crippen molar-refractivity contribution in [3.63, 3.8) is 0 Å². The van der Waals surface area contributed by atoms with Crippen LogP contribution in [0.15, 0.2) is 18.2 Å². The van der Waals surface area contributed by atoms with Crippen LogP contribution in [0.3, 0.4) is 0 Å². The molecule has 1 aromatic carbocycles. The number of sulfone groups is 1. The Balaban J connectivity index is 2.82. The van der Waals surface area contributed by atoms with Gasteiger partial charge in [-0.2, -0.15) is 0 Å². The van der Waals surface area contributed by atoms with Gasteiger partial charge in [-0.15, -0.1) is 0 Å². The zero-order valence-corrected chi connectivity index (χ0v) is 10.4. The van der Waals surface area contributed by atoms with Crippen molar-refractivity contribution >= 4 is 15.6 Å². The zero-order valence-electron chi connectivity index (χ0n) is 9.57. The smallest absolute Gasteiger partial charge is 0.163 e. The number of rotatable bonds is 5. The summed E-state index contributed by atoms with van der Waals surface area (Å²) in [4.78, 5) is 11.2. The molecule has 94 valence electrons. The first-order valence-electron chi connectivity index (χ1n) is 4.90. The first kappa shape index (κ1) is 13.6. The Morgan fingerprint density at radius 1 is 1.41 bits per heavy atom. The van der Waals surface area contributed by atoms with Crippen molar-refractivity contribution < 1.29 is 22.3 Å². The summed E-state index contributed by atoms with van der Waals surface area (Å²) < 4.78 is 39.8. The van der Waals surface area contributed by atoms with E-state index in [1.807, 2.05) is 0 Å². The number of benzene rings is 1. The van der Waals surface area contributed by atoms with Crippen LogP contribution in [0.5, 0.6) is 5.75 Å². The number of ketones is 1. The second-order valence-electron chi connectivity index (χ2n) is 3.68. The van der Waals surface area contributed by atoms with Crippen molar-refractivity contribution in [3.8, 4) is 5.75 Å². The van der Waals surface area contributed by atoms with E-state index in [9.17, 15) is 17.6 Å². The molecular weight excluding hydrogens is 247 g/mol. The Bertz CT molecular complexity index is 522. The molecule has 0 atom stereocenters. The fourth-order valence-corrected chi connectivity index (χ4v) is 1.60. The molecule has 0 aliphatic rings. The SMILES string of the molecule is CC(=O)c1ccc(F)cc1OCCS(C)(=O)=O. The van der Waals surface area contributed by atoms with Gasteiger partial charge in [-0.25, -0.2) is 12.8 Å². The van der Waals surface area contributed by atoms with Gasteiger partial charge >= 0.3 is 0 Å². The molecule has 0 aliphatic heterocycles. The first-order chi connectivity index (χ1) is 7.79. The van der Waals surface area contributed by atoms with Crippen LogP contribution in [0.4, 0.5) is 4.39 Å². The second-order valence-corrected chi connectivity index (χ2v) is 5.93. The molecule has 0 radical (unpaired) electrons. The molecule has 17 heavy (non-hydrogen) atoms. The minimum Gasteiger partial charge on any atom is -0.492 e. The van der Waals surface area contributed by atoms with Crippen LogP contribution in [0.25, 0.3) is 0 Å². The lowest BCUT2D eigenvalue weighted by molar-refractivity contribution is 0.101. The van der Waals surface area contributed by atoms with Crippen molar-refractivity contribution in [3.05, 3.63) is 29.6 Å². The molecule has 1 aromatic rings. The summed E-state index contributed by atoms with van der Waals surface area (Å²) in [7, 11) is -3.14. The highest BCUT2D eigenvalue weighted by Gasteiger charge is 2.10. The third-order valence-corrected chi connectivity index (χ3v) is 2.94. The van der Waals surface area contributed by atoms with Crippen LogP contribution < -0.4 is 4.74 Å². The van der Waals surface area contributed by atoms with E-state index in [0.29, 0.717) is 0 Å². The largest absolute Gasteiger partial charge is 0.492 e. The molecule has 0 N–H and O–H groups in total. The van der Waals surface area contributed by atoms with Gasteiger partial charge in [0, 0.05) is 12.3 Å². The number of hydrogen-bond acceptors (Lipinski definition) is 4. The van der Waals surface area contributed by atoms with Gasteiger partial charge in [-0.1, -0.05) is 0 Å². The molecular formula is C11H13FO4S. The van der Waals surface area contributed by atoms with Crippen molar-refractivity contribution in [2.45, 2.75) is 6.92 Å². The monoisotopic (exact) mass is 260 g/mol. The van der Waals surface area contributed by atoms with Crippen molar-refractivity contribution in [2.24, 2.45) is 0 Å². The number of carbonyl (C=O) groups excluding carboxylic acids is 1. The number of ether oxygens (including phenoxy) is 1. The summed E-state index contributed by atoms with van der Waals surface area (Å²) in [5.41, 5.74) is 0.236. The van der Waals surface area contributed by atoms with Crippen LogP contribution in [0, 0.1) is 5.82 Å². The van der Waals surface area contributed by atoms with E-state index in [4.69, 9.17) is 4.74 Å². The molecule has 0 heterocycles. The summed E-state index contributed by atoms with van der Waals surface area (Å²) in [6.45, 7) is 1.22. The lowest BCUT2D eigenvalue weighted by atomic mass is 10.1. The van der Waals surface area contributed by atoms with Gasteiger partial charge < -0.3 is 4.74 Å². The quantitative estimate of drug-likeness (QED) is 0.752. The molecule has 0 unspecified atom stereocenters. The van der Waals surface area contributed by atoms with Crippen LogP contribution >= 0.6 is 0 Å². The number of hydrogen-bond donors (Lipinski definition) is 0. The van der Waals surface area contributed by atoms with Gasteiger partial charge in [0.2, 0.25) is 0 Å². The Morgan fingerprint density at radius 3 is 2.59 bits per heavy atom. The number of halogens is 1. The van der Waals surface area contributed by atoms with Crippen molar-refractivity contribution in [1.29, 1.82) is 0 Å². The molecule has 1 rings (SSSR count). The molecule has 0 aliphatic carbocycles. The predicted molar refractivity (Wildman–Crippen MR) is 61.6 cm³/mol. The highest BCUT2D eigenvalue weighted by Crippen LogP contribution is 2.20. The van der Waals surface area contributed by atoms with E-state index in [-0.39, 0.29) is 29.5 Å². The number of Topliss-reactive ketones (excluding diaryl/α,β-unsaturated/α-hetero) is 1. The molecule has 0 amide bonds. The molecule has 0 spiro atoms. The van der Waals surface area contributed by atoms with Gasteiger partial charge in [0.15, 0.2) is 15.6 Å². The highest BCUT2D eigenvalue weighted by molar-refractivity contribution is 7.90. The van der Waals surface area contributed by atoms with E-state index in [1.165, 1.54) is 13.0 Å². The van der Waals surface area contributed by atoms with Crippen molar-refractivity contribution in [1.82, 2.24) is 0 Å². The summed E-state index contributed by atoms with van der Waals surface area (Å²) in [6.07, 6.45) is 1.08. The van der Waals surface area contributed by atoms with Crippen molar-refractivity contribution in [2.75, 3.05) is 18.6 Å². The van der Waals surface area contributed by atoms with Crippen LogP contribution in [-0.4, -0.2) is 32.8 Å². The van der Waals surface area contributed by atoms with Crippen LogP contribution in [-0.2, 0) is 9.84 Å². The van der Waals surface area contributed by atoms with Gasteiger partial charge in [0.1, 0.15) is 18.2 Å². The lowest BCUT2D eigenvalue weighted by Gasteiger charge is -2.09. The first-order valence-corrected chi connectivity index (χ1v) is 6.96. The van der Waals surface area contributed by atoms with Gasteiger partial charge in [-0.3, -0.25) is 4.79 Å². The van der Waals surface area contributed by atoms with Crippen LogP contribution in [0.2, 0.25) is 0 Å². The Hall–Kier alpha value is -1.43. The van der Waals surface area contributed by atoms with Crippen LogP contribution in [0.1, 0.15) is 17.3 Å². The Kier molecular flexibility index (Phi) is 4.22. The average molecular weight is 260 g/mol. The third-order valence-electron chi connectivity index (χ3n) is 2.03. The van der Waals surface area contributed by atoms with E-state index < -0.39 is 15.7 Å². The van der Waals surface area contributed by atoms with Gasteiger partial charge in [0.25, 0.3) is 0 Å². The molecule has 0 bridgehead atoms. The third kappa shape index (κ3) is 4.52. The summed E-state index contributed by atoms with van der Waals surface area (Å²) in [5, 5.41) is 0. The number of carbonyl (C=O) groups is 1. The fraction of sp³-hybridized carbons (Fsp3) is 0.364. The summed E-state index contributed by atoms with van der Waals surface area (Å²) in [5.74, 6) is -0.911. The maximum Gasteiger partial charge on any atom is 0.163 e. The topological polar surface area (TPSA) is 60.4 Å². The minimum atomic E-state index is -3.14. The Labute approximate surface area is 99.3 Å². The summed E-state index contributed by atoms with van der Waals surface area (Å²) >= 11 is 0. The maximum absolute atomic E-state index is 13.0. The van der Waals surface area contributed by atoms with E-state index >= 15 is 0 Å². The normalized spacial score (nSPS) is 11.2. The molecule has 0 aromatic heterocycles. The van der Waals surface area contributed by atoms with E-state index in [2.05, 4.69) is 0 Å². The maximum atomic E-state index is 13.0. The lowest BCUT2D eigenvalue weighted by Crippen LogP contribution is -2.13. The van der Waals surface area contributed by atoms with Gasteiger partial charge in [-0.05, 0) is 19.1 Å². The molecule has 0 saturated carbocycles. The minimum absolute atomic E-state index is 0.0705. The fourth-order valence-electron chi connectivity index (χ4n) is 1.21. The highest BCUT2D eigenvalue weighted by atomic mass is 32.2. The van der Waals surface area contributed by atoms with E-state index in [0.717, 1.165) is 18.4 Å². The molecule has 4 nitrogen and oxygen atoms in total. The Morgan fingerprint density at radius 2 is 2.06 bits per heavy atom. The predicted octanol–water partition coefficient (Wildman–Crippen LogP) is 1.45. The zero-order chi connectivity index (χ0) is 13.1. The molecule has 6 heteroatoms. The standard InChI is InChI=1S/C11H13FO4S/c1-8(13)10-4-3-9(12)7-11(10)16-5-6-17(2,14)15/h3-4,7H,5-6H2,1-2H3. The average Bonchev–Trinajstić information content (AvgIpc) is 2.15. The molecule has 0 saturated heterocycles.